The summed E-state index contributed by atoms with van der Waals surface area (Å²) in [5.41, 5.74) is 0.668. The van der Waals surface area contributed by atoms with Gasteiger partial charge >= 0.3 is 8.60 Å². The lowest BCUT2D eigenvalue weighted by Gasteiger charge is -2.50. The predicted octanol–water partition coefficient (Wildman–Crippen LogP) is 15.9. The van der Waals surface area contributed by atoms with Crippen molar-refractivity contribution in [2.75, 3.05) is 51.8 Å². The van der Waals surface area contributed by atoms with Crippen LogP contribution in [0, 0.1) is 0 Å². The van der Waals surface area contributed by atoms with E-state index in [2.05, 4.69) is 83.1 Å². The first-order valence-electron chi connectivity index (χ1n) is 21.7. The summed E-state index contributed by atoms with van der Waals surface area (Å²) in [4.78, 5) is 0. The molecule has 0 aromatic heterocycles. The molecule has 3 unspecified atom stereocenters. The maximum atomic E-state index is 7.45. The van der Waals surface area contributed by atoms with Gasteiger partial charge in [-0.05, 0) is 130 Å². The zero-order valence-corrected chi connectivity index (χ0v) is 39.1. The van der Waals surface area contributed by atoms with Crippen molar-refractivity contribution >= 4 is 38.7 Å². The van der Waals surface area contributed by atoms with Gasteiger partial charge in [-0.3, -0.25) is 13.6 Å². The summed E-state index contributed by atoms with van der Waals surface area (Å²) in [5, 5.41) is 0. The Balaban J connectivity index is 7.00. The molecule has 0 aliphatic carbocycles. The summed E-state index contributed by atoms with van der Waals surface area (Å²) in [6.07, 6.45) is 23.3. The van der Waals surface area contributed by atoms with Crippen LogP contribution in [0.5, 0.6) is 0 Å². The van der Waals surface area contributed by atoms with Gasteiger partial charge in [-0.2, -0.15) is 0 Å². The Morgan fingerprint density at radius 3 is 0.571 bits per heavy atom. The van der Waals surface area contributed by atoms with Crippen LogP contribution in [0.3, 0.4) is 0 Å². The van der Waals surface area contributed by atoms with Crippen LogP contribution in [0.15, 0.2) is 0 Å². The third kappa shape index (κ3) is 19.0. The van der Waals surface area contributed by atoms with Crippen molar-refractivity contribution in [2.45, 2.75) is 215 Å². The van der Waals surface area contributed by atoms with Crippen LogP contribution >= 0.6 is 38.7 Å². The smallest absolute Gasteiger partial charge is 0.300 e. The van der Waals surface area contributed by atoms with Gasteiger partial charge < -0.3 is 0 Å². The second-order valence-electron chi connectivity index (χ2n) is 15.1. The van der Waals surface area contributed by atoms with E-state index in [0.29, 0.717) is 0 Å². The second kappa shape index (κ2) is 30.7. The first kappa shape index (κ1) is 50.4. The van der Waals surface area contributed by atoms with Gasteiger partial charge in [0.25, 0.3) is 0 Å². The highest BCUT2D eigenvalue weighted by atomic mass is 32.3. The molecule has 3 nitrogen and oxygen atoms in total. The lowest BCUT2D eigenvalue weighted by molar-refractivity contribution is 0.143. The molecule has 0 aromatic carbocycles. The van der Waals surface area contributed by atoms with Gasteiger partial charge in [0.2, 0.25) is 0 Å². The molecule has 0 N–H and O–H groups in total. The van der Waals surface area contributed by atoms with Gasteiger partial charge in [0.05, 0.1) is 16.3 Å². The van der Waals surface area contributed by atoms with E-state index in [4.69, 9.17) is 13.6 Å². The first-order valence-corrected chi connectivity index (χ1v) is 29.4. The zero-order valence-electron chi connectivity index (χ0n) is 35.7. The molecule has 0 fully saturated rings. The molecule has 0 aromatic rings. The molecule has 0 rings (SSSR count). The zero-order chi connectivity index (χ0) is 37.0. The first-order chi connectivity index (χ1) is 23.6. The average Bonchev–Trinajstić information content (AvgIpc) is 3.10. The number of hydrogen-bond acceptors (Lipinski definition) is 3. The van der Waals surface area contributed by atoms with Gasteiger partial charge in [-0.15, -0.1) is 0 Å². The van der Waals surface area contributed by atoms with Gasteiger partial charge in [0.1, 0.15) is 0 Å². The Morgan fingerprint density at radius 2 is 0.449 bits per heavy atom. The van der Waals surface area contributed by atoms with Crippen LogP contribution < -0.4 is 0 Å². The molecule has 0 saturated carbocycles. The van der Waals surface area contributed by atoms with Crippen molar-refractivity contribution in [3.05, 3.63) is 0 Å². The summed E-state index contributed by atoms with van der Waals surface area (Å²) in [6.45, 7) is 28.7. The average molecular weight is 773 g/mol. The molecule has 0 spiro atoms. The molecular weight excluding hydrogens is 680 g/mol. The summed E-state index contributed by atoms with van der Waals surface area (Å²) in [6, 6.07) is 0. The summed E-state index contributed by atoms with van der Waals surface area (Å²) >= 11 is 0. The van der Waals surface area contributed by atoms with E-state index < -0.39 is 38.7 Å². The van der Waals surface area contributed by atoms with Crippen molar-refractivity contribution < 1.29 is 13.6 Å². The van der Waals surface area contributed by atoms with Crippen molar-refractivity contribution in [1.29, 1.82) is 0 Å². The second-order valence-corrected chi connectivity index (χ2v) is 28.5. The molecule has 0 aliphatic heterocycles. The highest BCUT2D eigenvalue weighted by Gasteiger charge is 2.40. The fourth-order valence-electron chi connectivity index (χ4n) is 7.01. The lowest BCUT2D eigenvalue weighted by Crippen LogP contribution is -2.31. The van der Waals surface area contributed by atoms with Gasteiger partial charge in [0, 0.05) is 0 Å². The molecular formula is C42H93O3PS3. The van der Waals surface area contributed by atoms with Crippen LogP contribution in [0.4, 0.5) is 0 Å². The van der Waals surface area contributed by atoms with Crippen LogP contribution in [-0.4, -0.2) is 68.1 Å². The minimum Gasteiger partial charge on any atom is -0.300 e. The molecule has 0 radical (unpaired) electrons. The molecule has 0 bridgehead atoms. The van der Waals surface area contributed by atoms with E-state index in [1.165, 1.54) is 167 Å². The Morgan fingerprint density at radius 1 is 0.306 bits per heavy atom. The highest BCUT2D eigenvalue weighted by molar-refractivity contribution is 8.34. The largest absolute Gasteiger partial charge is 0.335 e. The third-order valence-corrected chi connectivity index (χ3v) is 27.3. The fourth-order valence-corrected chi connectivity index (χ4v) is 23.3. The van der Waals surface area contributed by atoms with Gasteiger partial charge in [-0.1, -0.05) is 120 Å². The Hall–Kier alpha value is 1.36. The minimum absolute atomic E-state index is 0.223. The topological polar surface area (TPSA) is 27.7 Å². The van der Waals surface area contributed by atoms with E-state index in [0.717, 1.165) is 0 Å². The van der Waals surface area contributed by atoms with Gasteiger partial charge in [0.15, 0.2) is 0 Å². The Kier molecular flexibility index (Phi) is 31.5. The predicted molar refractivity (Wildman–Crippen MR) is 239 cm³/mol. The van der Waals surface area contributed by atoms with E-state index in [9.17, 15) is 0 Å². The summed E-state index contributed by atoms with van der Waals surface area (Å²) in [5.74, 6) is 12.1. The van der Waals surface area contributed by atoms with E-state index in [-0.39, 0.29) is 16.3 Å². The standard InChI is InChI=1S/C42H93O3PS3/c1-13-22-31-47(32-23-14-2,33-24-15-3)40(10)43-46(44-41(11)48(34-25-16-4,35-26-17-5)36-27-18-6)45-42(12)49(37-28-19-7,38-29-20-8)39-30-21-9/h40-42H,13-39H2,1-12H3. The van der Waals surface area contributed by atoms with Crippen LogP contribution in [0.1, 0.15) is 199 Å². The molecule has 302 valence electrons. The molecule has 0 heterocycles. The molecule has 49 heavy (non-hydrogen) atoms. The molecule has 0 amide bonds. The number of hydrogen-bond donors (Lipinski definition) is 0. The minimum atomic E-state index is -1.44. The fraction of sp³-hybridized carbons (Fsp3) is 1.00. The van der Waals surface area contributed by atoms with Crippen molar-refractivity contribution in [1.82, 2.24) is 0 Å². The van der Waals surface area contributed by atoms with Crippen LogP contribution in [-0.2, 0) is 13.6 Å². The van der Waals surface area contributed by atoms with E-state index in [1.54, 1.807) is 0 Å². The molecule has 0 aliphatic rings. The third-order valence-electron chi connectivity index (χ3n) is 11.0. The molecule has 7 heteroatoms. The monoisotopic (exact) mass is 773 g/mol. The van der Waals surface area contributed by atoms with Crippen LogP contribution in [0.2, 0.25) is 0 Å². The highest BCUT2D eigenvalue weighted by Crippen LogP contribution is 2.65. The van der Waals surface area contributed by atoms with Gasteiger partial charge in [-0.25, -0.2) is 30.1 Å². The SMILES string of the molecule is CCCCS(CCCC)(CCCC)C(C)OP(OC(C)S(CCCC)(CCCC)CCCC)OC(C)S(CCCC)(CCCC)CCCC. The number of rotatable bonds is 36. The molecule has 0 saturated heterocycles. The Labute approximate surface area is 317 Å². The maximum absolute atomic E-state index is 7.45. The summed E-state index contributed by atoms with van der Waals surface area (Å²) < 4.78 is 22.3. The van der Waals surface area contributed by atoms with Crippen molar-refractivity contribution in [3.8, 4) is 0 Å². The number of unbranched alkanes of at least 4 members (excludes halogenated alkanes) is 9. The van der Waals surface area contributed by atoms with Crippen molar-refractivity contribution in [2.24, 2.45) is 0 Å². The van der Waals surface area contributed by atoms with Crippen molar-refractivity contribution in [3.63, 3.8) is 0 Å². The molecule has 3 atom stereocenters. The normalized spacial score (nSPS) is 16.4. The maximum Gasteiger partial charge on any atom is 0.335 e. The quantitative estimate of drug-likeness (QED) is 0.0594. The van der Waals surface area contributed by atoms with E-state index >= 15 is 0 Å². The van der Waals surface area contributed by atoms with Crippen LogP contribution in [0.25, 0.3) is 0 Å². The van der Waals surface area contributed by atoms with E-state index in [1.807, 2.05) is 0 Å². The summed E-state index contributed by atoms with van der Waals surface area (Å²) in [7, 11) is -4.25. The Bertz CT molecular complexity index is 582. The lowest BCUT2D eigenvalue weighted by atomic mass is 10.4.